The summed E-state index contributed by atoms with van der Waals surface area (Å²) in [5.74, 6) is 0. The van der Waals surface area contributed by atoms with Gasteiger partial charge in [-0.3, -0.25) is 0 Å². The van der Waals surface area contributed by atoms with Crippen LogP contribution in [0.2, 0.25) is 0 Å². The van der Waals surface area contributed by atoms with Gasteiger partial charge in [0.15, 0.2) is 5.58 Å². The predicted octanol–water partition coefficient (Wildman–Crippen LogP) is 5.54. The van der Waals surface area contributed by atoms with Crippen LogP contribution in [0.5, 0.6) is 0 Å². The first-order valence-electron chi connectivity index (χ1n) is 8.52. The van der Waals surface area contributed by atoms with Crippen molar-refractivity contribution >= 4 is 32.7 Å². The molecule has 0 amide bonds. The topological polar surface area (TPSA) is 17.0 Å². The van der Waals surface area contributed by atoms with Crippen LogP contribution in [0.3, 0.4) is 0 Å². The van der Waals surface area contributed by atoms with Crippen LogP contribution in [0.1, 0.15) is 5.56 Å². The molecule has 0 fully saturated rings. The van der Waals surface area contributed by atoms with Crippen molar-refractivity contribution in [1.82, 2.24) is 0 Å². The van der Waals surface area contributed by atoms with Crippen molar-refractivity contribution in [2.24, 2.45) is 7.05 Å². The molecule has 0 aliphatic carbocycles. The van der Waals surface area contributed by atoms with Crippen LogP contribution in [0.15, 0.2) is 77.3 Å². The van der Waals surface area contributed by atoms with Crippen LogP contribution < -0.4 is 4.57 Å². The van der Waals surface area contributed by atoms with Crippen LogP contribution in [-0.2, 0) is 7.05 Å². The molecule has 0 bridgehead atoms. The lowest BCUT2D eigenvalue weighted by molar-refractivity contribution is -0.659. The van der Waals surface area contributed by atoms with E-state index in [2.05, 4.69) is 91.5 Å². The molecular formula is C23H18NO+. The number of aromatic nitrogens is 1. The molecule has 0 N–H and O–H groups in total. The molecular weight excluding hydrogens is 306 g/mol. The monoisotopic (exact) mass is 324 g/mol. The summed E-state index contributed by atoms with van der Waals surface area (Å²) < 4.78 is 8.29. The van der Waals surface area contributed by atoms with E-state index in [9.17, 15) is 0 Å². The van der Waals surface area contributed by atoms with Gasteiger partial charge >= 0.3 is 0 Å². The van der Waals surface area contributed by atoms with E-state index in [1.54, 1.807) is 0 Å². The smallest absolute Gasteiger partial charge is 0.213 e. The highest BCUT2D eigenvalue weighted by molar-refractivity contribution is 6.18. The fourth-order valence-corrected chi connectivity index (χ4v) is 3.76. The van der Waals surface area contributed by atoms with Crippen LogP contribution in [0.25, 0.3) is 44.0 Å². The van der Waals surface area contributed by atoms with Gasteiger partial charge in [0.2, 0.25) is 11.9 Å². The molecule has 5 aromatic rings. The minimum Gasteiger partial charge on any atom is -0.450 e. The number of rotatable bonds is 1. The molecule has 5 rings (SSSR count). The molecule has 25 heavy (non-hydrogen) atoms. The first-order valence-corrected chi connectivity index (χ1v) is 8.52. The molecule has 0 aliphatic heterocycles. The Bertz CT molecular complexity index is 1260. The zero-order valence-corrected chi connectivity index (χ0v) is 14.3. The second kappa shape index (κ2) is 5.18. The van der Waals surface area contributed by atoms with Gasteiger partial charge in [0, 0.05) is 22.4 Å². The molecule has 2 aromatic heterocycles. The molecule has 0 spiro atoms. The number of nitrogens with zero attached hydrogens (tertiary/aromatic N) is 1. The van der Waals surface area contributed by atoms with E-state index in [0.717, 1.165) is 11.2 Å². The summed E-state index contributed by atoms with van der Waals surface area (Å²) in [4.78, 5) is 0. The molecule has 3 aromatic carbocycles. The standard InChI is InChI=1S/C23H18NO/c1-15-7-3-5-9-17(15)20-13-19-22(14-24(20)2)25-21-12-11-16-8-4-6-10-18(16)23(19)21/h3-14H,1-2H3/q+1. The van der Waals surface area contributed by atoms with E-state index in [-0.39, 0.29) is 0 Å². The number of furan rings is 1. The number of hydrogen-bond acceptors (Lipinski definition) is 1. The predicted molar refractivity (Wildman–Crippen MR) is 103 cm³/mol. The van der Waals surface area contributed by atoms with Crippen LogP contribution in [0, 0.1) is 6.92 Å². The Labute approximate surface area is 145 Å². The van der Waals surface area contributed by atoms with Crippen molar-refractivity contribution in [2.45, 2.75) is 6.92 Å². The Morgan fingerprint density at radius 2 is 1.60 bits per heavy atom. The summed E-state index contributed by atoms with van der Waals surface area (Å²) in [5.41, 5.74) is 5.58. The van der Waals surface area contributed by atoms with Gasteiger partial charge in [0.25, 0.3) is 0 Å². The molecule has 0 unspecified atom stereocenters. The van der Waals surface area contributed by atoms with Crippen molar-refractivity contribution in [2.75, 3.05) is 0 Å². The van der Waals surface area contributed by atoms with Crippen molar-refractivity contribution < 1.29 is 8.98 Å². The number of pyridine rings is 1. The van der Waals surface area contributed by atoms with E-state index < -0.39 is 0 Å². The minimum atomic E-state index is 0.922. The van der Waals surface area contributed by atoms with E-state index in [1.165, 1.54) is 38.4 Å². The molecule has 0 aliphatic rings. The van der Waals surface area contributed by atoms with E-state index in [1.807, 2.05) is 0 Å². The van der Waals surface area contributed by atoms with Gasteiger partial charge in [-0.05, 0) is 35.4 Å². The van der Waals surface area contributed by atoms with Gasteiger partial charge < -0.3 is 4.42 Å². The average Bonchev–Trinajstić information content (AvgIpc) is 2.99. The van der Waals surface area contributed by atoms with E-state index in [4.69, 9.17) is 4.42 Å². The zero-order chi connectivity index (χ0) is 17.0. The Kier molecular flexibility index (Phi) is 2.95. The molecule has 0 saturated heterocycles. The fraction of sp³-hybridized carbons (Fsp3) is 0.0870. The van der Waals surface area contributed by atoms with E-state index in [0.29, 0.717) is 0 Å². The third-order valence-corrected chi connectivity index (χ3v) is 5.04. The number of aryl methyl sites for hydroxylation is 2. The number of hydrogen-bond donors (Lipinski definition) is 0. The maximum atomic E-state index is 6.14. The molecule has 120 valence electrons. The molecule has 2 heterocycles. The lowest BCUT2D eigenvalue weighted by Crippen LogP contribution is -2.30. The maximum Gasteiger partial charge on any atom is 0.213 e. The summed E-state index contributed by atoms with van der Waals surface area (Å²) in [5, 5.41) is 4.85. The highest BCUT2D eigenvalue weighted by atomic mass is 16.3. The second-order valence-electron chi connectivity index (χ2n) is 6.62. The van der Waals surface area contributed by atoms with Crippen LogP contribution in [0.4, 0.5) is 0 Å². The normalized spacial score (nSPS) is 11.6. The Hall–Kier alpha value is -3.13. The van der Waals surface area contributed by atoms with Crippen molar-refractivity contribution in [3.63, 3.8) is 0 Å². The molecule has 0 radical (unpaired) electrons. The van der Waals surface area contributed by atoms with Crippen molar-refractivity contribution in [3.8, 4) is 11.3 Å². The molecule has 0 atom stereocenters. The maximum absolute atomic E-state index is 6.14. The van der Waals surface area contributed by atoms with Crippen molar-refractivity contribution in [1.29, 1.82) is 0 Å². The fourth-order valence-electron chi connectivity index (χ4n) is 3.76. The zero-order valence-electron chi connectivity index (χ0n) is 14.3. The van der Waals surface area contributed by atoms with E-state index >= 15 is 0 Å². The second-order valence-corrected chi connectivity index (χ2v) is 6.62. The first-order chi connectivity index (χ1) is 12.2. The third kappa shape index (κ3) is 2.07. The lowest BCUT2D eigenvalue weighted by atomic mass is 10.0. The van der Waals surface area contributed by atoms with Gasteiger partial charge in [-0.15, -0.1) is 0 Å². The highest BCUT2D eigenvalue weighted by Gasteiger charge is 2.18. The Morgan fingerprint density at radius 1 is 0.800 bits per heavy atom. The van der Waals surface area contributed by atoms with Gasteiger partial charge in [0.1, 0.15) is 12.6 Å². The highest BCUT2D eigenvalue weighted by Crippen LogP contribution is 2.35. The van der Waals surface area contributed by atoms with Gasteiger partial charge in [-0.25, -0.2) is 0 Å². The Balaban J connectivity index is 1.93. The minimum absolute atomic E-state index is 0.922. The first kappa shape index (κ1) is 14.2. The summed E-state index contributed by atoms with van der Waals surface area (Å²) in [7, 11) is 2.08. The van der Waals surface area contributed by atoms with Crippen LogP contribution >= 0.6 is 0 Å². The van der Waals surface area contributed by atoms with Crippen molar-refractivity contribution in [3.05, 3.63) is 78.5 Å². The quantitative estimate of drug-likeness (QED) is 0.370. The summed E-state index contributed by atoms with van der Waals surface area (Å²) in [6, 6.07) is 23.5. The number of benzene rings is 3. The summed E-state index contributed by atoms with van der Waals surface area (Å²) in [6.45, 7) is 2.16. The van der Waals surface area contributed by atoms with Gasteiger partial charge in [-0.1, -0.05) is 48.5 Å². The van der Waals surface area contributed by atoms with Gasteiger partial charge in [-0.2, -0.15) is 4.57 Å². The number of fused-ring (bicyclic) bond motifs is 5. The van der Waals surface area contributed by atoms with Gasteiger partial charge in [0.05, 0.1) is 0 Å². The SMILES string of the molecule is Cc1ccccc1-c1cc2c(c[n+]1C)oc1ccc3ccccc3c12. The molecule has 2 heteroatoms. The summed E-state index contributed by atoms with van der Waals surface area (Å²) >= 11 is 0. The summed E-state index contributed by atoms with van der Waals surface area (Å²) in [6.07, 6.45) is 2.09. The third-order valence-electron chi connectivity index (χ3n) is 5.04. The molecule has 2 nitrogen and oxygen atoms in total. The lowest BCUT2D eigenvalue weighted by Gasteiger charge is -2.04. The van der Waals surface area contributed by atoms with Crippen LogP contribution in [-0.4, -0.2) is 0 Å². The average molecular weight is 324 g/mol. The largest absolute Gasteiger partial charge is 0.450 e. The molecule has 0 saturated carbocycles. The Morgan fingerprint density at radius 3 is 2.48 bits per heavy atom.